The largest absolute Gasteiger partial charge is 0.309 e. The molecule has 252 valence electrons. The van der Waals surface area contributed by atoms with E-state index in [9.17, 15) is 0 Å². The van der Waals surface area contributed by atoms with Crippen molar-refractivity contribution in [1.82, 2.24) is 0 Å². The van der Waals surface area contributed by atoms with Gasteiger partial charge in [0, 0.05) is 31.2 Å². The average Bonchev–Trinajstić information content (AvgIpc) is 3.64. The number of benzene rings is 10. The number of hydrogen-bond acceptors (Lipinski definition) is 2. The van der Waals surface area contributed by atoms with Gasteiger partial charge in [-0.15, -0.1) is 11.3 Å². The van der Waals surface area contributed by atoms with Crippen molar-refractivity contribution < 1.29 is 0 Å². The normalized spacial score (nSPS) is 11.7. The van der Waals surface area contributed by atoms with Gasteiger partial charge in [0.05, 0.1) is 11.4 Å². The maximum atomic E-state index is 2.53. The highest BCUT2D eigenvalue weighted by Gasteiger charge is 2.23. The van der Waals surface area contributed by atoms with Crippen LogP contribution in [0.25, 0.3) is 85.5 Å². The Labute approximate surface area is 317 Å². The monoisotopic (exact) mass is 703 g/mol. The molecule has 10 aromatic carbocycles. The van der Waals surface area contributed by atoms with Crippen LogP contribution in [0.15, 0.2) is 200 Å². The van der Waals surface area contributed by atoms with Gasteiger partial charge in [-0.3, -0.25) is 0 Å². The lowest BCUT2D eigenvalue weighted by molar-refractivity contribution is 1.33. The quantitative estimate of drug-likeness (QED) is 0.161. The van der Waals surface area contributed by atoms with Crippen LogP contribution >= 0.6 is 11.3 Å². The third-order valence-electron chi connectivity index (χ3n) is 11.0. The van der Waals surface area contributed by atoms with Crippen LogP contribution in [0, 0.1) is 0 Å². The Morgan fingerprint density at radius 3 is 1.70 bits per heavy atom. The number of fused-ring (bicyclic) bond motifs is 9. The van der Waals surface area contributed by atoms with Crippen molar-refractivity contribution in [1.29, 1.82) is 0 Å². The highest BCUT2D eigenvalue weighted by Crippen LogP contribution is 2.50. The lowest BCUT2D eigenvalue weighted by Crippen LogP contribution is -2.11. The Bertz CT molecular complexity index is 3210. The third kappa shape index (κ3) is 4.92. The summed E-state index contributed by atoms with van der Waals surface area (Å²) >= 11 is 1.89. The van der Waals surface area contributed by atoms with Gasteiger partial charge in [-0.05, 0) is 90.3 Å². The van der Waals surface area contributed by atoms with Crippen LogP contribution in [0.2, 0.25) is 0 Å². The summed E-state index contributed by atoms with van der Waals surface area (Å²) in [4.78, 5) is 2.53. The maximum absolute atomic E-state index is 2.53. The molecule has 0 amide bonds. The molecular formula is C52H33NS. The number of nitrogens with zero attached hydrogens (tertiary/aromatic N) is 1. The molecule has 0 unspecified atom stereocenters. The fraction of sp³-hybridized carbons (Fsp3) is 0. The summed E-state index contributed by atoms with van der Waals surface area (Å²) in [6, 6.07) is 73.6. The van der Waals surface area contributed by atoms with Crippen molar-refractivity contribution in [2.45, 2.75) is 0 Å². The number of rotatable bonds is 5. The summed E-state index contributed by atoms with van der Waals surface area (Å²) in [5.41, 5.74) is 8.40. The SMILES string of the molecule is c1ccc(-c2ccc(-c3ccc(N(c4ccc5ccc6ccccc6c5c4)c4cc5ccccc5c5ccccc45)c4c3sc3ccccc34)cc2)cc1. The van der Waals surface area contributed by atoms with Gasteiger partial charge in [0.1, 0.15) is 0 Å². The first-order valence-corrected chi connectivity index (χ1v) is 19.3. The number of hydrogen-bond donors (Lipinski definition) is 0. The minimum atomic E-state index is 1.14. The van der Waals surface area contributed by atoms with E-state index in [4.69, 9.17) is 0 Å². The van der Waals surface area contributed by atoms with E-state index in [0.717, 1.165) is 5.69 Å². The molecule has 11 rings (SSSR count). The van der Waals surface area contributed by atoms with Crippen LogP contribution in [0.4, 0.5) is 17.1 Å². The highest BCUT2D eigenvalue weighted by molar-refractivity contribution is 7.26. The van der Waals surface area contributed by atoms with Crippen molar-refractivity contribution in [3.8, 4) is 22.3 Å². The minimum absolute atomic E-state index is 1.14. The lowest BCUT2D eigenvalue weighted by atomic mass is 9.96. The standard InChI is InChI=1S/C52H33NS/c1-2-12-34(13-3-1)35-22-24-37(25-23-35)43-30-31-48(51-46-20-10-11-21-50(46)54-52(43)51)53(40-29-28-38-27-26-36-14-4-6-16-41(36)47(38)33-40)49-32-39-15-5-7-17-42(39)44-18-8-9-19-45(44)49/h1-33H. The van der Waals surface area contributed by atoms with Crippen molar-refractivity contribution in [2.75, 3.05) is 4.90 Å². The summed E-state index contributed by atoms with van der Waals surface area (Å²) in [5, 5.41) is 12.5. The van der Waals surface area contributed by atoms with E-state index in [1.54, 1.807) is 0 Å². The zero-order valence-electron chi connectivity index (χ0n) is 29.4. The molecule has 0 radical (unpaired) electrons. The molecule has 2 heteroatoms. The van der Waals surface area contributed by atoms with E-state index in [2.05, 4.69) is 205 Å². The van der Waals surface area contributed by atoms with Gasteiger partial charge in [0.2, 0.25) is 0 Å². The molecule has 0 fully saturated rings. The molecule has 0 saturated carbocycles. The summed E-state index contributed by atoms with van der Waals surface area (Å²) in [5.74, 6) is 0. The molecular weight excluding hydrogens is 671 g/mol. The highest BCUT2D eigenvalue weighted by atomic mass is 32.1. The molecule has 1 nitrogen and oxygen atoms in total. The Kier molecular flexibility index (Phi) is 7.11. The van der Waals surface area contributed by atoms with E-state index < -0.39 is 0 Å². The molecule has 0 atom stereocenters. The van der Waals surface area contributed by atoms with Crippen LogP contribution in [-0.2, 0) is 0 Å². The van der Waals surface area contributed by atoms with Crippen molar-refractivity contribution in [3.05, 3.63) is 200 Å². The Morgan fingerprint density at radius 2 is 0.907 bits per heavy atom. The van der Waals surface area contributed by atoms with Crippen LogP contribution < -0.4 is 4.90 Å². The van der Waals surface area contributed by atoms with Gasteiger partial charge in [0.15, 0.2) is 0 Å². The first kappa shape index (κ1) is 30.8. The summed E-state index contributed by atoms with van der Waals surface area (Å²) in [6.45, 7) is 0. The Balaban J connectivity index is 1.22. The fourth-order valence-corrected chi connectivity index (χ4v) is 9.71. The van der Waals surface area contributed by atoms with Gasteiger partial charge in [-0.2, -0.15) is 0 Å². The first-order valence-electron chi connectivity index (χ1n) is 18.5. The third-order valence-corrected chi connectivity index (χ3v) is 12.2. The van der Waals surface area contributed by atoms with E-state index >= 15 is 0 Å². The molecule has 0 saturated heterocycles. The van der Waals surface area contributed by atoms with Crippen LogP contribution in [-0.4, -0.2) is 0 Å². The minimum Gasteiger partial charge on any atom is -0.309 e. The molecule has 0 bridgehead atoms. The second kappa shape index (κ2) is 12.4. The zero-order chi connectivity index (χ0) is 35.6. The molecule has 1 aromatic heterocycles. The van der Waals surface area contributed by atoms with Gasteiger partial charge in [-0.25, -0.2) is 0 Å². The molecule has 0 aliphatic carbocycles. The van der Waals surface area contributed by atoms with E-state index in [0.29, 0.717) is 0 Å². The second-order valence-corrected chi connectivity index (χ2v) is 15.1. The van der Waals surface area contributed by atoms with Crippen molar-refractivity contribution in [2.24, 2.45) is 0 Å². The van der Waals surface area contributed by atoms with Crippen LogP contribution in [0.5, 0.6) is 0 Å². The maximum Gasteiger partial charge on any atom is 0.0555 e. The topological polar surface area (TPSA) is 3.24 Å². The second-order valence-electron chi connectivity index (χ2n) is 14.1. The summed E-state index contributed by atoms with van der Waals surface area (Å²) < 4.78 is 2.58. The van der Waals surface area contributed by atoms with E-state index in [1.807, 2.05) is 11.3 Å². The lowest BCUT2D eigenvalue weighted by Gasteiger charge is -2.29. The average molecular weight is 704 g/mol. The number of thiophene rings is 1. The zero-order valence-corrected chi connectivity index (χ0v) is 30.2. The molecule has 0 aliphatic heterocycles. The van der Waals surface area contributed by atoms with E-state index in [1.165, 1.54) is 96.9 Å². The van der Waals surface area contributed by atoms with Crippen LogP contribution in [0.1, 0.15) is 0 Å². The summed E-state index contributed by atoms with van der Waals surface area (Å²) in [6.07, 6.45) is 0. The van der Waals surface area contributed by atoms with Crippen LogP contribution in [0.3, 0.4) is 0 Å². The molecule has 11 aromatic rings. The van der Waals surface area contributed by atoms with Crippen molar-refractivity contribution >= 4 is 91.7 Å². The van der Waals surface area contributed by atoms with Gasteiger partial charge in [-0.1, -0.05) is 170 Å². The smallest absolute Gasteiger partial charge is 0.0555 e. The van der Waals surface area contributed by atoms with Gasteiger partial charge in [0.25, 0.3) is 0 Å². The fourth-order valence-electron chi connectivity index (χ4n) is 8.45. The van der Waals surface area contributed by atoms with Crippen molar-refractivity contribution in [3.63, 3.8) is 0 Å². The molecule has 0 N–H and O–H groups in total. The molecule has 1 heterocycles. The predicted octanol–water partition coefficient (Wildman–Crippen LogP) is 15.5. The molecule has 0 spiro atoms. The number of anilines is 3. The summed E-state index contributed by atoms with van der Waals surface area (Å²) in [7, 11) is 0. The Hall–Kier alpha value is -6.74. The van der Waals surface area contributed by atoms with E-state index in [-0.39, 0.29) is 0 Å². The predicted molar refractivity (Wildman–Crippen MR) is 235 cm³/mol. The Morgan fingerprint density at radius 1 is 0.333 bits per heavy atom. The molecule has 0 aliphatic rings. The first-order chi connectivity index (χ1) is 26.8. The van der Waals surface area contributed by atoms with Gasteiger partial charge < -0.3 is 4.90 Å². The molecule has 54 heavy (non-hydrogen) atoms. The van der Waals surface area contributed by atoms with Gasteiger partial charge >= 0.3 is 0 Å².